The van der Waals surface area contributed by atoms with Crippen molar-refractivity contribution in [2.24, 2.45) is 11.1 Å². The van der Waals surface area contributed by atoms with Crippen molar-refractivity contribution in [3.8, 4) is 0 Å². The van der Waals surface area contributed by atoms with Crippen molar-refractivity contribution in [2.45, 2.75) is 19.9 Å². The fraction of sp³-hybridized carbons (Fsp3) is 0.438. The topological polar surface area (TPSA) is 42.1 Å². The Morgan fingerprint density at radius 2 is 2.19 bits per heavy atom. The Bertz CT molecular complexity index is 634. The predicted molar refractivity (Wildman–Crippen MR) is 93.7 cm³/mol. The molecule has 21 heavy (non-hydrogen) atoms. The number of fused-ring (bicyclic) bond motifs is 1. The van der Waals surface area contributed by atoms with Gasteiger partial charge in [-0.1, -0.05) is 35.0 Å². The van der Waals surface area contributed by atoms with E-state index in [1.807, 2.05) is 12.3 Å². The molecule has 3 nitrogen and oxygen atoms in total. The van der Waals surface area contributed by atoms with Crippen LogP contribution in [0.4, 0.5) is 0 Å². The van der Waals surface area contributed by atoms with Gasteiger partial charge in [-0.2, -0.15) is 0 Å². The Labute approximate surface area is 140 Å². The number of nitrogens with zero attached hydrogens (tertiary/aromatic N) is 2. The van der Waals surface area contributed by atoms with Gasteiger partial charge in [-0.25, -0.2) is 0 Å². The highest BCUT2D eigenvalue weighted by Gasteiger charge is 2.32. The van der Waals surface area contributed by atoms with E-state index in [1.165, 1.54) is 17.4 Å². The van der Waals surface area contributed by atoms with Crippen LogP contribution in [0.15, 0.2) is 34.9 Å². The molecule has 0 spiro atoms. The standard InChI is InChI=1S/C16H20BrN3.ClH/c1-16(10-18)6-8-20(11-16)9-12-4-5-14(17)13-3-2-7-19-15(12)13;/h2-5,7H,6,8-11,18H2,1H3;1H. The average Bonchev–Trinajstić information content (AvgIpc) is 2.85. The highest BCUT2D eigenvalue weighted by atomic mass is 79.9. The number of pyridine rings is 1. The lowest BCUT2D eigenvalue weighted by Crippen LogP contribution is -2.31. The summed E-state index contributed by atoms with van der Waals surface area (Å²) in [6.45, 7) is 6.20. The van der Waals surface area contributed by atoms with Gasteiger partial charge in [0.1, 0.15) is 0 Å². The van der Waals surface area contributed by atoms with E-state index < -0.39 is 0 Å². The predicted octanol–water partition coefficient (Wildman–Crippen LogP) is 3.59. The van der Waals surface area contributed by atoms with Crippen molar-refractivity contribution in [3.63, 3.8) is 0 Å². The van der Waals surface area contributed by atoms with E-state index in [2.05, 4.69) is 50.9 Å². The lowest BCUT2D eigenvalue weighted by molar-refractivity contribution is 0.275. The largest absolute Gasteiger partial charge is 0.330 e. The lowest BCUT2D eigenvalue weighted by atomic mass is 9.90. The van der Waals surface area contributed by atoms with Gasteiger partial charge < -0.3 is 5.73 Å². The molecule has 1 saturated heterocycles. The van der Waals surface area contributed by atoms with Crippen LogP contribution in [0.1, 0.15) is 18.9 Å². The molecule has 0 aliphatic carbocycles. The van der Waals surface area contributed by atoms with Crippen LogP contribution in [0.2, 0.25) is 0 Å². The summed E-state index contributed by atoms with van der Waals surface area (Å²) in [5.74, 6) is 0. The number of likely N-dealkylation sites (tertiary alicyclic amines) is 1. The molecule has 0 bridgehead atoms. The fourth-order valence-electron chi connectivity index (χ4n) is 2.99. The molecule has 1 aromatic carbocycles. The van der Waals surface area contributed by atoms with Crippen molar-refractivity contribution >= 4 is 39.2 Å². The number of nitrogens with two attached hydrogens (primary N) is 1. The summed E-state index contributed by atoms with van der Waals surface area (Å²) < 4.78 is 1.11. The summed E-state index contributed by atoms with van der Waals surface area (Å²) >= 11 is 3.60. The first kappa shape index (κ1) is 16.7. The molecule has 2 heterocycles. The molecule has 1 atom stereocenters. The van der Waals surface area contributed by atoms with E-state index in [-0.39, 0.29) is 17.8 Å². The molecular formula is C16H21BrClN3. The number of hydrogen-bond donors (Lipinski definition) is 1. The van der Waals surface area contributed by atoms with Crippen molar-refractivity contribution in [2.75, 3.05) is 19.6 Å². The maximum Gasteiger partial charge on any atom is 0.0758 e. The number of aromatic nitrogens is 1. The Kier molecular flexibility index (Phi) is 5.25. The van der Waals surface area contributed by atoms with Crippen molar-refractivity contribution < 1.29 is 0 Å². The van der Waals surface area contributed by atoms with Crippen LogP contribution in [-0.2, 0) is 6.54 Å². The van der Waals surface area contributed by atoms with E-state index in [0.29, 0.717) is 0 Å². The quantitative estimate of drug-likeness (QED) is 0.898. The molecule has 2 aromatic rings. The zero-order valence-electron chi connectivity index (χ0n) is 12.2. The number of rotatable bonds is 3. The van der Waals surface area contributed by atoms with Crippen LogP contribution < -0.4 is 5.73 Å². The van der Waals surface area contributed by atoms with Gasteiger partial charge >= 0.3 is 0 Å². The van der Waals surface area contributed by atoms with Crippen LogP contribution in [0, 0.1) is 5.41 Å². The minimum absolute atomic E-state index is 0. The zero-order chi connectivity index (χ0) is 14.2. The summed E-state index contributed by atoms with van der Waals surface area (Å²) in [7, 11) is 0. The van der Waals surface area contributed by atoms with Gasteiger partial charge in [0.15, 0.2) is 0 Å². The molecular weight excluding hydrogens is 350 g/mol. The first-order chi connectivity index (χ1) is 9.61. The second-order valence-corrected chi connectivity index (χ2v) is 6.94. The molecule has 0 saturated carbocycles. The molecule has 0 radical (unpaired) electrons. The molecule has 114 valence electrons. The van der Waals surface area contributed by atoms with E-state index in [1.54, 1.807) is 0 Å². The third-order valence-electron chi connectivity index (χ3n) is 4.32. The average molecular weight is 371 g/mol. The Hall–Kier alpha value is -0.680. The van der Waals surface area contributed by atoms with Crippen molar-refractivity contribution in [1.29, 1.82) is 0 Å². The maximum absolute atomic E-state index is 5.89. The van der Waals surface area contributed by atoms with Gasteiger partial charge in [0, 0.05) is 29.1 Å². The third kappa shape index (κ3) is 3.39. The number of halogens is 2. The summed E-state index contributed by atoms with van der Waals surface area (Å²) in [5, 5.41) is 1.19. The molecule has 1 aliphatic rings. The number of hydrogen-bond acceptors (Lipinski definition) is 3. The molecule has 2 N–H and O–H groups in total. The number of benzene rings is 1. The molecule has 3 rings (SSSR count). The maximum atomic E-state index is 5.89. The molecule has 1 aliphatic heterocycles. The normalized spacial score (nSPS) is 22.4. The second-order valence-electron chi connectivity index (χ2n) is 6.08. The molecule has 0 amide bonds. The Balaban J connectivity index is 0.00000161. The zero-order valence-corrected chi connectivity index (χ0v) is 14.6. The highest BCUT2D eigenvalue weighted by Crippen LogP contribution is 2.31. The smallest absolute Gasteiger partial charge is 0.0758 e. The van der Waals surface area contributed by atoms with Crippen LogP contribution in [0.25, 0.3) is 10.9 Å². The van der Waals surface area contributed by atoms with Crippen LogP contribution in [0.5, 0.6) is 0 Å². The first-order valence-corrected chi connectivity index (χ1v) is 7.85. The fourth-order valence-corrected chi connectivity index (χ4v) is 3.44. The molecule has 5 heteroatoms. The lowest BCUT2D eigenvalue weighted by Gasteiger charge is -2.23. The van der Waals surface area contributed by atoms with Crippen molar-refractivity contribution in [1.82, 2.24) is 9.88 Å². The van der Waals surface area contributed by atoms with E-state index in [4.69, 9.17) is 5.73 Å². The first-order valence-electron chi connectivity index (χ1n) is 7.06. The van der Waals surface area contributed by atoms with Gasteiger partial charge in [0.25, 0.3) is 0 Å². The monoisotopic (exact) mass is 369 g/mol. The van der Waals surface area contributed by atoms with Crippen LogP contribution in [-0.4, -0.2) is 29.5 Å². The Morgan fingerprint density at radius 3 is 2.90 bits per heavy atom. The summed E-state index contributed by atoms with van der Waals surface area (Å²) in [5.41, 5.74) is 8.56. The molecule has 1 aromatic heterocycles. The third-order valence-corrected chi connectivity index (χ3v) is 5.02. The van der Waals surface area contributed by atoms with Gasteiger partial charge in [-0.05, 0) is 42.6 Å². The van der Waals surface area contributed by atoms with Gasteiger partial charge in [0.2, 0.25) is 0 Å². The van der Waals surface area contributed by atoms with Gasteiger partial charge in [-0.15, -0.1) is 12.4 Å². The minimum Gasteiger partial charge on any atom is -0.330 e. The summed E-state index contributed by atoms with van der Waals surface area (Å²) in [6, 6.07) is 8.40. The van der Waals surface area contributed by atoms with E-state index in [0.717, 1.165) is 36.2 Å². The van der Waals surface area contributed by atoms with Gasteiger partial charge in [0.05, 0.1) is 5.52 Å². The highest BCUT2D eigenvalue weighted by molar-refractivity contribution is 9.10. The van der Waals surface area contributed by atoms with E-state index >= 15 is 0 Å². The second kappa shape index (κ2) is 6.61. The SMILES string of the molecule is CC1(CN)CCN(Cc2ccc(Br)c3cccnc23)C1.Cl. The van der Waals surface area contributed by atoms with E-state index in [9.17, 15) is 0 Å². The Morgan fingerprint density at radius 1 is 1.38 bits per heavy atom. The van der Waals surface area contributed by atoms with Gasteiger partial charge in [-0.3, -0.25) is 9.88 Å². The minimum atomic E-state index is 0. The molecule has 1 fully saturated rings. The molecule has 1 unspecified atom stereocenters. The van der Waals surface area contributed by atoms with Crippen LogP contribution >= 0.6 is 28.3 Å². The van der Waals surface area contributed by atoms with Crippen molar-refractivity contribution in [3.05, 3.63) is 40.5 Å². The summed E-state index contributed by atoms with van der Waals surface area (Å²) in [6.07, 6.45) is 3.05. The summed E-state index contributed by atoms with van der Waals surface area (Å²) in [4.78, 5) is 7.05. The van der Waals surface area contributed by atoms with Crippen LogP contribution in [0.3, 0.4) is 0 Å².